The summed E-state index contributed by atoms with van der Waals surface area (Å²) < 4.78 is 28.4. The summed E-state index contributed by atoms with van der Waals surface area (Å²) in [7, 11) is 0. The van der Waals surface area contributed by atoms with Crippen LogP contribution in [0.2, 0.25) is 0 Å². The van der Waals surface area contributed by atoms with Gasteiger partial charge in [-0.25, -0.2) is 0 Å². The highest BCUT2D eigenvalue weighted by molar-refractivity contribution is 7.00. The Kier molecular flexibility index (Phi) is 10.2. The van der Waals surface area contributed by atoms with Crippen LogP contribution >= 0.6 is 0 Å². The molecule has 5 aliphatic rings. The lowest BCUT2D eigenvalue weighted by Gasteiger charge is -2.48. The van der Waals surface area contributed by atoms with Gasteiger partial charge in [0.2, 0.25) is 0 Å². The van der Waals surface area contributed by atoms with Crippen LogP contribution in [0.1, 0.15) is 175 Å². The van der Waals surface area contributed by atoms with E-state index in [1.807, 2.05) is 6.07 Å². The molecule has 0 fully saturated rings. The summed E-state index contributed by atoms with van der Waals surface area (Å²) in [5, 5.41) is 0. The van der Waals surface area contributed by atoms with E-state index in [4.69, 9.17) is 0 Å². The summed E-state index contributed by atoms with van der Waals surface area (Å²) in [5.41, 5.74) is 27.0. The van der Waals surface area contributed by atoms with Gasteiger partial charge in [-0.1, -0.05) is 175 Å². The van der Waals surface area contributed by atoms with Gasteiger partial charge < -0.3 is 14.7 Å². The number of anilines is 9. The largest absolute Gasteiger partial charge is 0.311 e. The molecule has 0 saturated heterocycles. The van der Waals surface area contributed by atoms with Gasteiger partial charge in [-0.2, -0.15) is 0 Å². The van der Waals surface area contributed by atoms with Crippen LogP contribution < -0.4 is 31.1 Å². The van der Waals surface area contributed by atoms with Crippen LogP contribution in [0.5, 0.6) is 0 Å². The summed E-state index contributed by atoms with van der Waals surface area (Å²) in [6, 6.07) is 54.8. The maximum atomic E-state index is 9.48. The normalized spacial score (nSPS) is 19.0. The zero-order valence-electron chi connectivity index (χ0n) is 52.1. The smallest absolute Gasteiger partial charge is 0.252 e. The predicted octanol–water partition coefficient (Wildman–Crippen LogP) is 18.5. The Hall–Kier alpha value is -6.78. The van der Waals surface area contributed by atoms with Crippen molar-refractivity contribution in [2.24, 2.45) is 0 Å². The van der Waals surface area contributed by atoms with Crippen LogP contribution in [0.3, 0.4) is 0 Å². The van der Waals surface area contributed by atoms with Crippen molar-refractivity contribution in [1.29, 1.82) is 0 Å². The molecule has 2 heterocycles. The minimum atomic E-state index is -2.43. The number of fused-ring (bicyclic) bond motifs is 9. The fourth-order valence-electron chi connectivity index (χ4n) is 15.3. The molecule has 0 amide bonds. The predicted molar refractivity (Wildman–Crippen MR) is 336 cm³/mol. The molecule has 13 rings (SSSR count). The molecule has 8 aromatic carbocycles. The number of benzene rings is 8. The molecule has 0 aromatic heterocycles. The lowest BCUT2D eigenvalue weighted by atomic mass is 9.33. The molecule has 0 spiro atoms. The highest BCUT2D eigenvalue weighted by Gasteiger charge is 2.49. The Morgan fingerprint density at radius 1 is 0.474 bits per heavy atom. The quantitative estimate of drug-likeness (QED) is 0.159. The van der Waals surface area contributed by atoms with Crippen LogP contribution in [0.15, 0.2) is 146 Å². The van der Waals surface area contributed by atoms with Crippen LogP contribution in [0, 0.1) is 20.7 Å². The molecular weight excluding hydrogens is 942 g/mol. The molecule has 8 aromatic rings. The zero-order valence-corrected chi connectivity index (χ0v) is 49.1. The first-order valence-corrected chi connectivity index (χ1v) is 29.0. The van der Waals surface area contributed by atoms with Crippen LogP contribution in [0.25, 0.3) is 11.1 Å². The lowest BCUT2D eigenvalue weighted by Crippen LogP contribution is -2.62. The number of nitrogens with zero attached hydrogens (tertiary/aromatic N) is 3. The van der Waals surface area contributed by atoms with Crippen molar-refractivity contribution in [3.63, 3.8) is 0 Å². The second-order valence-electron chi connectivity index (χ2n) is 28.2. The molecule has 4 heteroatoms. The summed E-state index contributed by atoms with van der Waals surface area (Å²) >= 11 is 0. The average Bonchev–Trinajstić information content (AvgIpc) is 3.89. The van der Waals surface area contributed by atoms with E-state index in [9.17, 15) is 4.11 Å². The van der Waals surface area contributed by atoms with Gasteiger partial charge in [0, 0.05) is 55.0 Å². The zero-order chi connectivity index (χ0) is 57.5. The SMILES string of the molecule is [2H]C([2H])([2H])c1cc2c3c(c1)N(c1ccc4c(c1C(C)(C)C)C(C)(C)c1ccccc1-4)c1cc(N(c4ccccc4C)c4ccccc4C)ccc1B3c1cc3c(cc1N2c1ccc2c(c1)C(C)(C)CCC2(C)C)C(C)(C)CCC3(C)C. The highest BCUT2D eigenvalue weighted by atomic mass is 15.2. The van der Waals surface area contributed by atoms with Gasteiger partial charge in [0.15, 0.2) is 0 Å². The van der Waals surface area contributed by atoms with Crippen molar-refractivity contribution in [2.75, 3.05) is 14.7 Å². The molecule has 78 heavy (non-hydrogen) atoms. The maximum absolute atomic E-state index is 9.48. The number of rotatable bonds is 5. The van der Waals surface area contributed by atoms with Gasteiger partial charge in [0.1, 0.15) is 0 Å². The Morgan fingerprint density at radius 3 is 1.64 bits per heavy atom. The minimum absolute atomic E-state index is 0.0247. The van der Waals surface area contributed by atoms with Crippen molar-refractivity contribution in [3.8, 4) is 11.1 Å². The fourth-order valence-corrected chi connectivity index (χ4v) is 15.3. The van der Waals surface area contributed by atoms with Gasteiger partial charge in [-0.15, -0.1) is 0 Å². The summed E-state index contributed by atoms with van der Waals surface area (Å²) in [6.45, 7) is 33.0. The standard InChI is InChI=1S/C74H80BN3/c1-45-39-64-68-65(40-45)78(61-34-31-51-50-25-19-20-26-52(50)74(15,16)66(51)67(61)69(4,5)6)62-42-49(76(59-27-21-17-23-46(59)2)60-28-22-18-24-47(60)3)30-33-57(62)75(68)58-43-55-56(73(13,14)38-37-72(55,11)12)44-63(58)77(64)48-29-32-53-54(41-48)71(9,10)36-35-70(53,7)8/h17-34,39-44H,35-38H2,1-16H3/i1D3. The van der Waals surface area contributed by atoms with E-state index in [1.165, 1.54) is 72.1 Å². The lowest BCUT2D eigenvalue weighted by molar-refractivity contribution is 0.332. The van der Waals surface area contributed by atoms with E-state index in [2.05, 4.69) is 258 Å². The van der Waals surface area contributed by atoms with Gasteiger partial charge in [-0.05, 0) is 217 Å². The molecule has 0 N–H and O–H groups in total. The van der Waals surface area contributed by atoms with Gasteiger partial charge in [-0.3, -0.25) is 0 Å². The topological polar surface area (TPSA) is 9.72 Å². The average molecular weight is 1030 g/mol. The fraction of sp³-hybridized carbons (Fsp3) is 0.351. The van der Waals surface area contributed by atoms with Crippen molar-refractivity contribution in [3.05, 3.63) is 201 Å². The second kappa shape index (κ2) is 16.9. The van der Waals surface area contributed by atoms with Gasteiger partial charge in [0.05, 0.1) is 5.69 Å². The van der Waals surface area contributed by atoms with Crippen LogP contribution in [0.4, 0.5) is 51.2 Å². The van der Waals surface area contributed by atoms with Crippen LogP contribution in [-0.4, -0.2) is 6.71 Å². The number of hydrogen-bond donors (Lipinski definition) is 0. The Labute approximate surface area is 472 Å². The molecule has 2 aliphatic heterocycles. The molecular formula is C74H80BN3. The first kappa shape index (κ1) is 47.2. The highest BCUT2D eigenvalue weighted by Crippen LogP contribution is 2.58. The molecule has 0 bridgehead atoms. The van der Waals surface area contributed by atoms with Gasteiger partial charge in [0.25, 0.3) is 6.71 Å². The first-order valence-electron chi connectivity index (χ1n) is 30.5. The Morgan fingerprint density at radius 2 is 1.03 bits per heavy atom. The monoisotopic (exact) mass is 1020 g/mol. The molecule has 394 valence electrons. The summed E-state index contributed by atoms with van der Waals surface area (Å²) in [4.78, 5) is 7.45. The molecule has 0 atom stereocenters. The van der Waals surface area contributed by atoms with E-state index in [0.29, 0.717) is 5.56 Å². The van der Waals surface area contributed by atoms with Crippen molar-refractivity contribution < 1.29 is 4.11 Å². The number of aryl methyl sites for hydroxylation is 3. The maximum Gasteiger partial charge on any atom is 0.252 e. The Bertz CT molecular complexity index is 3910. The van der Waals surface area contributed by atoms with Crippen molar-refractivity contribution >= 4 is 74.3 Å². The van der Waals surface area contributed by atoms with Crippen LogP contribution in [-0.2, 0) is 32.5 Å². The minimum Gasteiger partial charge on any atom is -0.311 e. The molecule has 0 radical (unpaired) electrons. The second-order valence-corrected chi connectivity index (χ2v) is 28.2. The van der Waals surface area contributed by atoms with Crippen molar-refractivity contribution in [2.45, 2.75) is 169 Å². The van der Waals surface area contributed by atoms with Crippen molar-refractivity contribution in [1.82, 2.24) is 0 Å². The third-order valence-corrected chi connectivity index (χ3v) is 19.8. The number of para-hydroxylation sites is 2. The third-order valence-electron chi connectivity index (χ3n) is 19.8. The van der Waals surface area contributed by atoms with E-state index in [1.54, 1.807) is 0 Å². The molecule has 3 aliphatic carbocycles. The molecule has 0 unspecified atom stereocenters. The number of hydrogen-bond acceptors (Lipinski definition) is 3. The summed E-state index contributed by atoms with van der Waals surface area (Å²) in [5.74, 6) is 0. The van der Waals surface area contributed by atoms with E-state index < -0.39 is 6.85 Å². The van der Waals surface area contributed by atoms with E-state index >= 15 is 0 Å². The third kappa shape index (κ3) is 7.36. The van der Waals surface area contributed by atoms with Gasteiger partial charge >= 0.3 is 0 Å². The van der Waals surface area contributed by atoms with E-state index in [-0.39, 0.29) is 39.2 Å². The first-order chi connectivity index (χ1) is 38.0. The Balaban J connectivity index is 1.19. The molecule has 3 nitrogen and oxygen atoms in total. The molecule has 0 saturated carbocycles. The summed E-state index contributed by atoms with van der Waals surface area (Å²) in [6.07, 6.45) is 4.39. The van der Waals surface area contributed by atoms with E-state index in [0.717, 1.165) is 82.3 Å².